The van der Waals surface area contributed by atoms with Crippen molar-refractivity contribution in [1.29, 1.82) is 0 Å². The summed E-state index contributed by atoms with van der Waals surface area (Å²) in [6.45, 7) is 0. The zero-order valence-electron chi connectivity index (χ0n) is 10.7. The molecule has 1 aromatic carbocycles. The summed E-state index contributed by atoms with van der Waals surface area (Å²) >= 11 is 1.60. The minimum absolute atomic E-state index is 1.06. The van der Waals surface area contributed by atoms with E-state index in [1.165, 1.54) is 18.0 Å². The molecule has 0 aliphatic rings. The third-order valence-electron chi connectivity index (χ3n) is 2.21. The van der Waals surface area contributed by atoms with E-state index in [-0.39, 0.29) is 0 Å². The summed E-state index contributed by atoms with van der Waals surface area (Å²) in [6.07, 6.45) is 8.05. The van der Waals surface area contributed by atoms with E-state index in [1.807, 2.05) is 35.8 Å². The molecule has 0 amide bonds. The summed E-state index contributed by atoms with van der Waals surface area (Å²) in [4.78, 5) is 11.5. The van der Waals surface area contributed by atoms with Gasteiger partial charge in [0.2, 0.25) is 0 Å². The van der Waals surface area contributed by atoms with E-state index in [4.69, 9.17) is 0 Å². The molecule has 3 heterocycles. The Morgan fingerprint density at radius 1 is 0.900 bits per heavy atom. The number of pyridine rings is 1. The second kappa shape index (κ2) is 8.55. The third-order valence-corrected chi connectivity index (χ3v) is 2.73. The summed E-state index contributed by atoms with van der Waals surface area (Å²) in [5, 5.41) is 3.13. The minimum atomic E-state index is 1.06. The predicted octanol–water partition coefficient (Wildman–Crippen LogP) is 4.05. The van der Waals surface area contributed by atoms with E-state index in [1.54, 1.807) is 29.2 Å². The number of hydrogen-bond donors (Lipinski definition) is 0. The highest BCUT2D eigenvalue weighted by atomic mass is 32.1. The quantitative estimate of drug-likeness (QED) is 0.488. The highest BCUT2D eigenvalue weighted by Gasteiger charge is 1.86. The minimum Gasteiger partial charge on any atom is -0.452 e. The van der Waals surface area contributed by atoms with Crippen molar-refractivity contribution in [3.63, 3.8) is 0 Å². The molecule has 4 nitrogen and oxygen atoms in total. The molecule has 4 rings (SSSR count). The monoisotopic (exact) mass is 283 g/mol. The Labute approximate surface area is 120 Å². The van der Waals surface area contributed by atoms with Crippen LogP contribution in [0.5, 0.6) is 0 Å². The lowest BCUT2D eigenvalue weighted by Crippen LogP contribution is -1.73. The number of para-hydroxylation sites is 1. The van der Waals surface area contributed by atoms with Crippen LogP contribution >= 0.6 is 11.3 Å². The van der Waals surface area contributed by atoms with Gasteiger partial charge in [-0.05, 0) is 12.1 Å². The van der Waals surface area contributed by atoms with Gasteiger partial charge in [-0.2, -0.15) is 0 Å². The Morgan fingerprint density at radius 3 is 2.35 bits per heavy atom. The summed E-state index contributed by atoms with van der Waals surface area (Å²) in [6, 6.07) is 12.1. The predicted molar refractivity (Wildman–Crippen MR) is 80.4 cm³/mol. The zero-order chi connectivity index (χ0) is 13.9. The van der Waals surface area contributed by atoms with Crippen LogP contribution in [0.15, 0.2) is 83.0 Å². The van der Waals surface area contributed by atoms with E-state index in [0.717, 1.165) is 5.52 Å². The number of fused-ring (bicyclic) bond motifs is 1. The lowest BCUT2D eigenvalue weighted by atomic mass is 10.2. The molecule has 0 unspecified atom stereocenters. The molecule has 100 valence electrons. The number of rotatable bonds is 0. The van der Waals surface area contributed by atoms with Gasteiger partial charge in [-0.15, -0.1) is 11.3 Å². The van der Waals surface area contributed by atoms with Crippen molar-refractivity contribution in [1.82, 2.24) is 15.0 Å². The first-order valence-corrected chi connectivity index (χ1v) is 6.85. The molecular weight excluding hydrogens is 270 g/mol. The lowest BCUT2D eigenvalue weighted by Gasteiger charge is -1.91. The van der Waals surface area contributed by atoms with Crippen LogP contribution in [0, 0.1) is 0 Å². The van der Waals surface area contributed by atoms with Crippen LogP contribution in [0.3, 0.4) is 0 Å². The summed E-state index contributed by atoms with van der Waals surface area (Å²) in [5.74, 6) is 0. The van der Waals surface area contributed by atoms with E-state index in [0.29, 0.717) is 0 Å². The van der Waals surface area contributed by atoms with E-state index in [9.17, 15) is 0 Å². The van der Waals surface area contributed by atoms with Crippen LogP contribution in [0.25, 0.3) is 10.9 Å². The molecule has 4 aromatic rings. The Hall–Kier alpha value is -2.53. The highest BCUT2D eigenvalue weighted by Crippen LogP contribution is 2.07. The van der Waals surface area contributed by atoms with E-state index < -0.39 is 0 Å². The van der Waals surface area contributed by atoms with Crippen LogP contribution in [-0.4, -0.2) is 15.0 Å². The van der Waals surface area contributed by atoms with E-state index >= 15 is 0 Å². The molecule has 20 heavy (non-hydrogen) atoms. The Morgan fingerprint density at radius 2 is 1.80 bits per heavy atom. The molecule has 3 aromatic heterocycles. The fourth-order valence-electron chi connectivity index (χ4n) is 1.37. The highest BCUT2D eigenvalue weighted by molar-refractivity contribution is 7.07. The third kappa shape index (κ3) is 4.99. The van der Waals surface area contributed by atoms with Crippen LogP contribution in [0.4, 0.5) is 0 Å². The molecule has 0 saturated heterocycles. The van der Waals surface area contributed by atoms with Gasteiger partial charge >= 0.3 is 0 Å². The fraction of sp³-hybridized carbons (Fsp3) is 0. The maximum Gasteiger partial charge on any atom is 0.180 e. The smallest absolute Gasteiger partial charge is 0.180 e. The van der Waals surface area contributed by atoms with Crippen LogP contribution in [0.2, 0.25) is 0 Å². The second-order valence-electron chi connectivity index (χ2n) is 3.55. The first-order chi connectivity index (χ1) is 9.97. The topological polar surface area (TPSA) is 51.8 Å². The van der Waals surface area contributed by atoms with Crippen molar-refractivity contribution in [3.05, 3.63) is 78.5 Å². The second-order valence-corrected chi connectivity index (χ2v) is 4.30. The summed E-state index contributed by atoms with van der Waals surface area (Å²) in [5.41, 5.74) is 2.85. The number of benzene rings is 1. The summed E-state index contributed by atoms with van der Waals surface area (Å²) < 4.78 is 4.47. The van der Waals surface area contributed by atoms with Crippen LogP contribution in [0.1, 0.15) is 0 Å². The Kier molecular flexibility index (Phi) is 5.94. The largest absolute Gasteiger partial charge is 0.452 e. The number of hydrogen-bond acceptors (Lipinski definition) is 5. The molecule has 0 aliphatic carbocycles. The average molecular weight is 283 g/mol. The number of aromatic nitrogens is 3. The SMILES string of the molecule is c1ccc2ncccc2c1.c1cocn1.c1cscn1. The van der Waals surface area contributed by atoms with Crippen molar-refractivity contribution in [2.24, 2.45) is 0 Å². The maximum absolute atomic E-state index is 4.47. The fourth-order valence-corrected chi connectivity index (χ4v) is 1.72. The molecule has 0 aliphatic heterocycles. The van der Waals surface area contributed by atoms with Crippen molar-refractivity contribution < 1.29 is 4.42 Å². The van der Waals surface area contributed by atoms with Gasteiger partial charge in [-0.3, -0.25) is 9.97 Å². The zero-order valence-corrected chi connectivity index (χ0v) is 11.5. The molecule has 0 radical (unpaired) electrons. The van der Waals surface area contributed by atoms with Crippen LogP contribution < -0.4 is 0 Å². The van der Waals surface area contributed by atoms with Gasteiger partial charge < -0.3 is 4.42 Å². The van der Waals surface area contributed by atoms with Gasteiger partial charge in [-0.25, -0.2) is 4.98 Å². The standard InChI is InChI=1S/C9H7N.C3H3NO.C3H3NS/c1-2-6-9-8(4-1)5-3-7-10-9;2*1-2-5-3-4-1/h1-7H;2*1-3H. The van der Waals surface area contributed by atoms with Crippen LogP contribution in [-0.2, 0) is 0 Å². The normalized spacial score (nSPS) is 9.00. The molecule has 0 N–H and O–H groups in total. The first-order valence-electron chi connectivity index (χ1n) is 5.91. The molecule has 0 fully saturated rings. The first kappa shape index (κ1) is 13.9. The van der Waals surface area contributed by atoms with Gasteiger partial charge in [0, 0.05) is 23.2 Å². The van der Waals surface area contributed by atoms with Crippen molar-refractivity contribution in [3.8, 4) is 0 Å². The van der Waals surface area contributed by atoms with Gasteiger partial charge in [0.1, 0.15) is 6.26 Å². The van der Waals surface area contributed by atoms with Crippen molar-refractivity contribution >= 4 is 22.2 Å². The van der Waals surface area contributed by atoms with Gasteiger partial charge in [0.25, 0.3) is 0 Å². The lowest BCUT2D eigenvalue weighted by molar-refractivity contribution is 0.558. The molecule has 0 saturated carbocycles. The molecule has 0 bridgehead atoms. The Balaban J connectivity index is 0.000000124. The van der Waals surface area contributed by atoms with E-state index in [2.05, 4.69) is 31.5 Å². The number of nitrogens with zero attached hydrogens (tertiary/aromatic N) is 3. The van der Waals surface area contributed by atoms with Gasteiger partial charge in [-0.1, -0.05) is 24.3 Å². The number of oxazole rings is 1. The molecule has 5 heteroatoms. The van der Waals surface area contributed by atoms with Crippen molar-refractivity contribution in [2.75, 3.05) is 0 Å². The van der Waals surface area contributed by atoms with Gasteiger partial charge in [0.05, 0.1) is 17.2 Å². The van der Waals surface area contributed by atoms with Crippen molar-refractivity contribution in [2.45, 2.75) is 0 Å². The average Bonchev–Trinajstić information content (AvgIpc) is 3.25. The molecular formula is C15H13N3OS. The summed E-state index contributed by atoms with van der Waals surface area (Å²) in [7, 11) is 0. The number of thiazole rings is 1. The maximum atomic E-state index is 4.47. The molecule has 0 atom stereocenters. The molecule has 0 spiro atoms. The Bertz CT molecular complexity index is 555. The van der Waals surface area contributed by atoms with Gasteiger partial charge in [0.15, 0.2) is 6.39 Å².